The van der Waals surface area contributed by atoms with Crippen LogP contribution in [0.2, 0.25) is 0 Å². The van der Waals surface area contributed by atoms with E-state index in [9.17, 15) is 40.2 Å². The first-order chi connectivity index (χ1) is 19.1. The molecular weight excluding hydrogens is 536 g/mol. The second kappa shape index (κ2) is 9.78. The van der Waals surface area contributed by atoms with Gasteiger partial charge in [-0.15, -0.1) is 0 Å². The van der Waals surface area contributed by atoms with Crippen LogP contribution in [0.5, 0.6) is 5.75 Å². The summed E-state index contributed by atoms with van der Waals surface area (Å²) in [6.45, 7) is -0.696. The third-order valence-corrected chi connectivity index (χ3v) is 8.19. The van der Waals surface area contributed by atoms with E-state index in [1.54, 1.807) is 0 Å². The molecule has 0 bridgehead atoms. The normalized spacial score (nSPS) is 44.5. The fraction of sp³-hybridized carbons (Fsp3) is 0.538. The summed E-state index contributed by atoms with van der Waals surface area (Å²) in [5, 5.41) is 61.6. The molecule has 1 spiro atoms. The van der Waals surface area contributed by atoms with Crippen molar-refractivity contribution in [1.29, 1.82) is 0 Å². The van der Waals surface area contributed by atoms with Crippen LogP contribution in [0.15, 0.2) is 41.7 Å². The summed E-state index contributed by atoms with van der Waals surface area (Å²) in [6.07, 6.45) is -10.1. The molecule has 14 heteroatoms. The predicted octanol–water partition coefficient (Wildman–Crippen LogP) is -2.32. The van der Waals surface area contributed by atoms with Crippen LogP contribution < -0.4 is 0 Å². The van der Waals surface area contributed by atoms with Crippen LogP contribution in [0.1, 0.15) is 5.56 Å². The maximum absolute atomic E-state index is 13.1. The molecular formula is C26H28O14. The Morgan fingerprint density at radius 3 is 2.45 bits per heavy atom. The van der Waals surface area contributed by atoms with Gasteiger partial charge in [0.15, 0.2) is 11.9 Å². The van der Waals surface area contributed by atoms with E-state index in [1.165, 1.54) is 37.5 Å². The fourth-order valence-electron chi connectivity index (χ4n) is 6.20. The van der Waals surface area contributed by atoms with Gasteiger partial charge in [-0.2, -0.15) is 0 Å². The first kappa shape index (κ1) is 27.1. The van der Waals surface area contributed by atoms with Crippen LogP contribution >= 0.6 is 0 Å². The van der Waals surface area contributed by atoms with Gasteiger partial charge in [-0.1, -0.05) is 12.1 Å². The maximum atomic E-state index is 13.1. The monoisotopic (exact) mass is 564 g/mol. The van der Waals surface area contributed by atoms with Gasteiger partial charge in [0.2, 0.25) is 6.29 Å². The third kappa shape index (κ3) is 3.94. The molecule has 6 rings (SSSR count). The third-order valence-electron chi connectivity index (χ3n) is 8.19. The van der Waals surface area contributed by atoms with Crippen molar-refractivity contribution in [3.8, 4) is 5.75 Å². The quantitative estimate of drug-likeness (QED) is 0.126. The Morgan fingerprint density at radius 1 is 1.05 bits per heavy atom. The number of phenols is 1. The zero-order valence-corrected chi connectivity index (χ0v) is 21.0. The summed E-state index contributed by atoms with van der Waals surface area (Å²) in [5.41, 5.74) is -1.36. The van der Waals surface area contributed by atoms with E-state index < -0.39 is 91.3 Å². The van der Waals surface area contributed by atoms with Crippen LogP contribution in [0.4, 0.5) is 0 Å². The zero-order valence-electron chi connectivity index (χ0n) is 21.0. The lowest BCUT2D eigenvalue weighted by Crippen LogP contribution is -2.62. The highest BCUT2D eigenvalue weighted by Gasteiger charge is 2.81. The minimum absolute atomic E-state index is 0.00990. The smallest absolute Gasteiger partial charge is 0.337 e. The molecule has 40 heavy (non-hydrogen) atoms. The van der Waals surface area contributed by atoms with Crippen molar-refractivity contribution in [3.05, 3.63) is 47.2 Å². The fourth-order valence-corrected chi connectivity index (χ4v) is 6.20. The highest BCUT2D eigenvalue weighted by molar-refractivity contribution is 5.98. The predicted molar refractivity (Wildman–Crippen MR) is 126 cm³/mol. The van der Waals surface area contributed by atoms with E-state index in [0.29, 0.717) is 5.56 Å². The number of epoxide rings is 1. The number of aromatic hydroxyl groups is 1. The van der Waals surface area contributed by atoms with Gasteiger partial charge in [-0.3, -0.25) is 0 Å². The number of aliphatic hydroxyl groups excluding tert-OH is 5. The molecule has 1 aromatic carbocycles. The molecule has 4 aliphatic heterocycles. The van der Waals surface area contributed by atoms with Crippen molar-refractivity contribution >= 4 is 18.0 Å². The van der Waals surface area contributed by atoms with E-state index in [4.69, 9.17) is 28.4 Å². The van der Waals surface area contributed by atoms with Gasteiger partial charge in [0, 0.05) is 5.92 Å². The highest BCUT2D eigenvalue weighted by Crippen LogP contribution is 2.64. The van der Waals surface area contributed by atoms with Crippen molar-refractivity contribution in [2.24, 2.45) is 11.8 Å². The number of carbonyl (C=O) groups excluding carboxylic acids is 2. The Balaban J connectivity index is 1.37. The van der Waals surface area contributed by atoms with E-state index in [1.807, 2.05) is 0 Å². The zero-order chi connectivity index (χ0) is 28.5. The van der Waals surface area contributed by atoms with Crippen LogP contribution in [0, 0.1) is 11.8 Å². The number of hydrogen-bond donors (Lipinski definition) is 6. The Bertz CT molecular complexity index is 1240. The number of esters is 2. The van der Waals surface area contributed by atoms with Crippen LogP contribution in [-0.4, -0.2) is 117 Å². The molecule has 1 aromatic rings. The van der Waals surface area contributed by atoms with Crippen molar-refractivity contribution in [2.45, 2.75) is 60.9 Å². The Kier molecular flexibility index (Phi) is 6.63. The van der Waals surface area contributed by atoms with Gasteiger partial charge in [0.1, 0.15) is 42.4 Å². The first-order valence-electron chi connectivity index (χ1n) is 12.6. The molecule has 0 radical (unpaired) electrons. The van der Waals surface area contributed by atoms with Gasteiger partial charge >= 0.3 is 11.9 Å². The molecule has 0 unspecified atom stereocenters. The highest BCUT2D eigenvalue weighted by atomic mass is 16.8. The summed E-state index contributed by atoms with van der Waals surface area (Å²) in [7, 11) is 1.17. The first-order valence-corrected chi connectivity index (χ1v) is 12.6. The molecule has 4 heterocycles. The Labute approximate surface area is 226 Å². The van der Waals surface area contributed by atoms with Gasteiger partial charge in [-0.05, 0) is 23.8 Å². The molecule has 12 atom stereocenters. The summed E-state index contributed by atoms with van der Waals surface area (Å²) in [4.78, 5) is 25.8. The van der Waals surface area contributed by atoms with Crippen LogP contribution in [0.3, 0.4) is 0 Å². The SMILES string of the molecule is COC(=O)C1=CO[C@@H](O[C@@H]2O[C@H](CO)[C@@H](O)[C@H](O)[C@H]2O)[C@H]2[C@@H]1[C@@H]1O[C@@H]1[C@]21OC(=O)C(=Cc2ccc(O)cc2)[C@H]1O. The van der Waals surface area contributed by atoms with Crippen molar-refractivity contribution < 1.29 is 68.6 Å². The molecule has 216 valence electrons. The minimum atomic E-state index is -1.79. The molecule has 0 amide bonds. The van der Waals surface area contributed by atoms with Crippen LogP contribution in [0.25, 0.3) is 6.08 Å². The largest absolute Gasteiger partial charge is 0.508 e. The van der Waals surface area contributed by atoms with Crippen LogP contribution in [-0.2, 0) is 38.0 Å². The molecule has 6 N–H and O–H groups in total. The summed E-state index contributed by atoms with van der Waals surface area (Å²) in [5.74, 6) is -3.51. The average Bonchev–Trinajstić information content (AvgIpc) is 3.65. The minimum Gasteiger partial charge on any atom is -0.508 e. The van der Waals surface area contributed by atoms with Gasteiger partial charge < -0.3 is 59.1 Å². The lowest BCUT2D eigenvalue weighted by molar-refractivity contribution is -0.350. The standard InChI is InChI=1S/C26H28O14/c1-35-22(33)12-8-36-24(39-25-18(31)17(30)16(29)13(7-27)37-25)15-14(12)19-21(38-19)26(15)20(32)11(23(34)40-26)6-9-2-4-10(28)5-3-9/h2-6,8,13-21,24-25,27-32H,7H2,1H3/t13-,14-,15-,16-,17+,18-,19+,20-,21+,24+,25+,26+/m1/s1. The summed E-state index contributed by atoms with van der Waals surface area (Å²) >= 11 is 0. The molecule has 3 saturated heterocycles. The molecule has 1 aliphatic carbocycles. The summed E-state index contributed by atoms with van der Waals surface area (Å²) < 4.78 is 33.6. The second-order valence-corrected chi connectivity index (χ2v) is 10.3. The number of hydrogen-bond acceptors (Lipinski definition) is 14. The number of aliphatic hydroxyl groups is 5. The number of methoxy groups -OCH3 is 1. The Hall–Kier alpha value is -3.08. The lowest BCUT2D eigenvalue weighted by Gasteiger charge is -2.45. The Morgan fingerprint density at radius 2 is 1.77 bits per heavy atom. The number of carbonyl (C=O) groups is 2. The van der Waals surface area contributed by atoms with Crippen molar-refractivity contribution in [3.63, 3.8) is 0 Å². The van der Waals surface area contributed by atoms with Crippen molar-refractivity contribution in [1.82, 2.24) is 0 Å². The molecule has 1 saturated carbocycles. The molecule has 5 aliphatic rings. The van der Waals surface area contributed by atoms with E-state index in [2.05, 4.69) is 0 Å². The van der Waals surface area contributed by atoms with E-state index in [0.717, 1.165) is 6.26 Å². The molecule has 4 fully saturated rings. The summed E-state index contributed by atoms with van der Waals surface area (Å²) in [6, 6.07) is 5.89. The van der Waals surface area contributed by atoms with Gasteiger partial charge in [0.25, 0.3) is 0 Å². The molecule has 0 aromatic heterocycles. The van der Waals surface area contributed by atoms with Crippen molar-refractivity contribution in [2.75, 3.05) is 13.7 Å². The lowest BCUT2D eigenvalue weighted by atomic mass is 9.75. The van der Waals surface area contributed by atoms with E-state index in [-0.39, 0.29) is 16.9 Å². The maximum Gasteiger partial charge on any atom is 0.337 e. The number of benzene rings is 1. The number of rotatable bonds is 5. The number of phenolic OH excluding ortho intramolecular Hbond substituents is 1. The number of ether oxygens (including phenoxy) is 6. The average molecular weight is 564 g/mol. The van der Waals surface area contributed by atoms with Gasteiger partial charge in [0.05, 0.1) is 43.1 Å². The van der Waals surface area contributed by atoms with E-state index >= 15 is 0 Å². The number of fused-ring (bicyclic) bond motifs is 5. The second-order valence-electron chi connectivity index (χ2n) is 10.3. The molecule has 14 nitrogen and oxygen atoms in total. The van der Waals surface area contributed by atoms with Gasteiger partial charge in [-0.25, -0.2) is 9.59 Å². The topological polar surface area (TPSA) is 214 Å².